The Morgan fingerprint density at radius 2 is 2.06 bits per heavy atom. The van der Waals surface area contributed by atoms with Gasteiger partial charge in [0.05, 0.1) is 0 Å². The standard InChI is InChI=1S/C15H23NS/c1-12(2)14-8-5-6-10-16(14)11-13-7-3-4-9-15(13)17/h3-4,7,9,12,14,17H,5-6,8,10-11H2,1-2H3. The third kappa shape index (κ3) is 3.26. The van der Waals surface area contributed by atoms with E-state index in [0.29, 0.717) is 0 Å². The van der Waals surface area contributed by atoms with Crippen LogP contribution in [0.25, 0.3) is 0 Å². The van der Waals surface area contributed by atoms with E-state index in [1.807, 2.05) is 0 Å². The van der Waals surface area contributed by atoms with Crippen molar-refractivity contribution in [3.63, 3.8) is 0 Å². The van der Waals surface area contributed by atoms with Gasteiger partial charge < -0.3 is 0 Å². The molecule has 0 bridgehead atoms. The molecule has 1 unspecified atom stereocenters. The molecule has 2 rings (SSSR count). The Kier molecular flexibility index (Phi) is 4.52. The molecule has 0 radical (unpaired) electrons. The monoisotopic (exact) mass is 249 g/mol. The zero-order valence-corrected chi connectivity index (χ0v) is 11.8. The summed E-state index contributed by atoms with van der Waals surface area (Å²) in [6.45, 7) is 6.98. The van der Waals surface area contributed by atoms with Crippen LogP contribution in [0.4, 0.5) is 0 Å². The van der Waals surface area contributed by atoms with Gasteiger partial charge in [0.15, 0.2) is 0 Å². The molecule has 1 aromatic carbocycles. The zero-order chi connectivity index (χ0) is 12.3. The number of benzene rings is 1. The molecule has 0 aromatic heterocycles. The Hall–Kier alpha value is -0.470. The minimum atomic E-state index is 0.747. The molecule has 1 nitrogen and oxygen atoms in total. The molecule has 0 N–H and O–H groups in total. The van der Waals surface area contributed by atoms with Crippen LogP contribution in [-0.2, 0) is 6.54 Å². The highest BCUT2D eigenvalue weighted by molar-refractivity contribution is 7.80. The highest BCUT2D eigenvalue weighted by Gasteiger charge is 2.25. The van der Waals surface area contributed by atoms with Crippen molar-refractivity contribution in [1.29, 1.82) is 0 Å². The maximum absolute atomic E-state index is 4.55. The van der Waals surface area contributed by atoms with E-state index >= 15 is 0 Å². The average molecular weight is 249 g/mol. The molecule has 1 atom stereocenters. The molecule has 2 heteroatoms. The van der Waals surface area contributed by atoms with Gasteiger partial charge in [-0.15, -0.1) is 12.6 Å². The maximum Gasteiger partial charge on any atom is 0.0247 e. The van der Waals surface area contributed by atoms with Crippen LogP contribution in [0, 0.1) is 5.92 Å². The number of thiol groups is 1. The number of likely N-dealkylation sites (tertiary alicyclic amines) is 1. The number of hydrogen-bond donors (Lipinski definition) is 1. The van der Waals surface area contributed by atoms with Crippen molar-refractivity contribution in [2.45, 2.75) is 50.6 Å². The smallest absolute Gasteiger partial charge is 0.0247 e. The van der Waals surface area contributed by atoms with E-state index in [9.17, 15) is 0 Å². The van der Waals surface area contributed by atoms with Gasteiger partial charge in [-0.05, 0) is 36.9 Å². The van der Waals surface area contributed by atoms with E-state index in [-0.39, 0.29) is 0 Å². The molecular formula is C15H23NS. The minimum Gasteiger partial charge on any atom is -0.296 e. The van der Waals surface area contributed by atoms with Crippen molar-refractivity contribution in [1.82, 2.24) is 4.90 Å². The van der Waals surface area contributed by atoms with Crippen molar-refractivity contribution in [2.75, 3.05) is 6.54 Å². The van der Waals surface area contributed by atoms with Gasteiger partial charge in [0.25, 0.3) is 0 Å². The average Bonchev–Trinajstić information content (AvgIpc) is 2.32. The number of nitrogens with zero attached hydrogens (tertiary/aromatic N) is 1. The topological polar surface area (TPSA) is 3.24 Å². The molecule has 0 amide bonds. The lowest BCUT2D eigenvalue weighted by atomic mass is 9.92. The molecule has 0 saturated carbocycles. The Morgan fingerprint density at radius 1 is 1.29 bits per heavy atom. The van der Waals surface area contributed by atoms with Crippen LogP contribution in [0.5, 0.6) is 0 Å². The fourth-order valence-corrected chi connectivity index (χ4v) is 3.06. The molecule has 1 saturated heterocycles. The van der Waals surface area contributed by atoms with Crippen molar-refractivity contribution in [2.24, 2.45) is 5.92 Å². The van der Waals surface area contributed by atoms with Crippen LogP contribution in [0.3, 0.4) is 0 Å². The second-order valence-electron chi connectivity index (χ2n) is 5.41. The summed E-state index contributed by atoms with van der Waals surface area (Å²) in [6.07, 6.45) is 4.09. The lowest BCUT2D eigenvalue weighted by Crippen LogP contribution is -2.42. The largest absolute Gasteiger partial charge is 0.296 e. The van der Waals surface area contributed by atoms with E-state index in [2.05, 4.69) is 55.6 Å². The van der Waals surface area contributed by atoms with Gasteiger partial charge in [-0.3, -0.25) is 4.90 Å². The van der Waals surface area contributed by atoms with Gasteiger partial charge in [-0.2, -0.15) is 0 Å². The van der Waals surface area contributed by atoms with E-state index in [1.165, 1.54) is 31.4 Å². The van der Waals surface area contributed by atoms with Crippen LogP contribution in [0.1, 0.15) is 38.7 Å². The molecule has 17 heavy (non-hydrogen) atoms. The lowest BCUT2D eigenvalue weighted by Gasteiger charge is -2.38. The quantitative estimate of drug-likeness (QED) is 0.793. The molecule has 1 aromatic rings. The highest BCUT2D eigenvalue weighted by atomic mass is 32.1. The van der Waals surface area contributed by atoms with E-state index in [4.69, 9.17) is 0 Å². The third-order valence-corrected chi connectivity index (χ3v) is 4.24. The summed E-state index contributed by atoms with van der Waals surface area (Å²) in [5, 5.41) is 0. The second-order valence-corrected chi connectivity index (χ2v) is 5.89. The fraction of sp³-hybridized carbons (Fsp3) is 0.600. The predicted molar refractivity (Wildman–Crippen MR) is 76.6 cm³/mol. The summed E-state index contributed by atoms with van der Waals surface area (Å²) in [6, 6.07) is 9.21. The Labute approximate surface area is 111 Å². The molecule has 1 heterocycles. The molecule has 0 spiro atoms. The van der Waals surface area contributed by atoms with E-state index in [0.717, 1.165) is 23.4 Å². The fourth-order valence-electron chi connectivity index (χ4n) is 2.83. The molecule has 1 fully saturated rings. The normalized spacial score (nSPS) is 22.0. The molecular weight excluding hydrogens is 226 g/mol. The van der Waals surface area contributed by atoms with Crippen LogP contribution < -0.4 is 0 Å². The summed E-state index contributed by atoms with van der Waals surface area (Å²) in [5.74, 6) is 0.752. The number of hydrogen-bond acceptors (Lipinski definition) is 2. The van der Waals surface area contributed by atoms with Crippen LogP contribution in [0.15, 0.2) is 29.2 Å². The summed E-state index contributed by atoms with van der Waals surface area (Å²) in [4.78, 5) is 3.77. The summed E-state index contributed by atoms with van der Waals surface area (Å²) >= 11 is 4.55. The van der Waals surface area contributed by atoms with E-state index < -0.39 is 0 Å². The Balaban J connectivity index is 2.08. The summed E-state index contributed by atoms with van der Waals surface area (Å²) < 4.78 is 0. The van der Waals surface area contributed by atoms with Gasteiger partial charge >= 0.3 is 0 Å². The van der Waals surface area contributed by atoms with Gasteiger partial charge in [0.1, 0.15) is 0 Å². The van der Waals surface area contributed by atoms with Crippen molar-refractivity contribution in [3.8, 4) is 0 Å². The zero-order valence-electron chi connectivity index (χ0n) is 10.9. The van der Waals surface area contributed by atoms with Crippen LogP contribution >= 0.6 is 12.6 Å². The maximum atomic E-state index is 4.55. The van der Waals surface area contributed by atoms with Gasteiger partial charge in [-0.25, -0.2) is 0 Å². The molecule has 0 aliphatic carbocycles. The first-order chi connectivity index (χ1) is 8.18. The Morgan fingerprint density at radius 3 is 2.76 bits per heavy atom. The first-order valence-electron chi connectivity index (χ1n) is 6.69. The molecule has 1 aliphatic heterocycles. The van der Waals surface area contributed by atoms with Crippen molar-refractivity contribution in [3.05, 3.63) is 29.8 Å². The second kappa shape index (κ2) is 5.92. The molecule has 94 valence electrons. The van der Waals surface area contributed by atoms with Gasteiger partial charge in [0.2, 0.25) is 0 Å². The van der Waals surface area contributed by atoms with E-state index in [1.54, 1.807) is 0 Å². The van der Waals surface area contributed by atoms with Gasteiger partial charge in [-0.1, -0.05) is 38.5 Å². The predicted octanol–water partition coefficient (Wildman–Crippen LogP) is 3.99. The van der Waals surface area contributed by atoms with Gasteiger partial charge in [0, 0.05) is 17.5 Å². The SMILES string of the molecule is CC(C)C1CCCCN1Cc1ccccc1S. The Bertz CT molecular complexity index is 362. The lowest BCUT2D eigenvalue weighted by molar-refractivity contribution is 0.104. The van der Waals surface area contributed by atoms with Crippen molar-refractivity contribution >= 4 is 12.6 Å². The van der Waals surface area contributed by atoms with Crippen LogP contribution in [0.2, 0.25) is 0 Å². The highest BCUT2D eigenvalue weighted by Crippen LogP contribution is 2.26. The minimum absolute atomic E-state index is 0.747. The first kappa shape index (κ1) is 13.0. The summed E-state index contributed by atoms with van der Waals surface area (Å²) in [7, 11) is 0. The van der Waals surface area contributed by atoms with Crippen LogP contribution in [-0.4, -0.2) is 17.5 Å². The number of rotatable bonds is 3. The number of piperidine rings is 1. The third-order valence-electron chi connectivity index (χ3n) is 3.80. The molecule has 1 aliphatic rings. The first-order valence-corrected chi connectivity index (χ1v) is 7.14. The van der Waals surface area contributed by atoms with Crippen molar-refractivity contribution < 1.29 is 0 Å². The summed E-state index contributed by atoms with van der Waals surface area (Å²) in [5.41, 5.74) is 1.36.